The summed E-state index contributed by atoms with van der Waals surface area (Å²) in [5.74, 6) is 1.16. The lowest BCUT2D eigenvalue weighted by Crippen LogP contribution is -2.20. The summed E-state index contributed by atoms with van der Waals surface area (Å²) in [6.07, 6.45) is 0. The SMILES string of the molecule is Cn1nc(-c2ccc(OCc3ccccc3)nc2OCc2ccccc2)c2ccc(OB(O)O)cc21. The largest absolute Gasteiger partial charge is 0.707 e. The van der Waals surface area contributed by atoms with Gasteiger partial charge in [0.2, 0.25) is 11.8 Å². The molecule has 0 fully saturated rings. The Kier molecular flexibility index (Phi) is 6.84. The fraction of sp³-hybridized carbons (Fsp3) is 0.111. The average Bonchev–Trinajstić information content (AvgIpc) is 3.22. The summed E-state index contributed by atoms with van der Waals surface area (Å²) in [5, 5.41) is 23.8. The van der Waals surface area contributed by atoms with E-state index in [0.717, 1.165) is 22.0 Å². The Bertz CT molecular complexity index is 1460. The maximum Gasteiger partial charge on any atom is 0.707 e. The topological polar surface area (TPSA) is 98.9 Å². The smallest absolute Gasteiger partial charge is 0.512 e. The van der Waals surface area contributed by atoms with E-state index >= 15 is 0 Å². The zero-order chi connectivity index (χ0) is 24.9. The number of rotatable bonds is 9. The molecule has 0 saturated carbocycles. The van der Waals surface area contributed by atoms with Gasteiger partial charge in [0.15, 0.2) is 0 Å². The number of nitrogens with zero attached hydrogens (tertiary/aromatic N) is 3. The minimum Gasteiger partial charge on any atom is -0.512 e. The van der Waals surface area contributed by atoms with Gasteiger partial charge in [0.1, 0.15) is 24.7 Å². The molecule has 5 rings (SSSR count). The van der Waals surface area contributed by atoms with Crippen molar-refractivity contribution in [2.75, 3.05) is 0 Å². The highest BCUT2D eigenvalue weighted by Gasteiger charge is 2.19. The zero-order valence-corrected chi connectivity index (χ0v) is 19.6. The van der Waals surface area contributed by atoms with Gasteiger partial charge in [-0.25, -0.2) is 0 Å². The number of ether oxygens (including phenoxy) is 2. The summed E-state index contributed by atoms with van der Waals surface area (Å²) in [5.41, 5.74) is 4.18. The van der Waals surface area contributed by atoms with Crippen molar-refractivity contribution >= 4 is 18.2 Å². The molecule has 0 amide bonds. The Hall–Kier alpha value is -4.34. The molecule has 9 heteroatoms. The van der Waals surface area contributed by atoms with E-state index in [-0.39, 0.29) is 0 Å². The van der Waals surface area contributed by atoms with Gasteiger partial charge in [0.05, 0.1) is 11.1 Å². The van der Waals surface area contributed by atoms with Crippen LogP contribution in [0.15, 0.2) is 91.0 Å². The van der Waals surface area contributed by atoms with E-state index in [9.17, 15) is 0 Å². The van der Waals surface area contributed by atoms with E-state index in [1.54, 1.807) is 29.9 Å². The minimum absolute atomic E-state index is 0.315. The number of pyridine rings is 1. The van der Waals surface area contributed by atoms with Crippen molar-refractivity contribution in [3.05, 3.63) is 102 Å². The molecule has 0 aliphatic carbocycles. The lowest BCUT2D eigenvalue weighted by Gasteiger charge is -2.12. The molecule has 0 spiro atoms. The van der Waals surface area contributed by atoms with Crippen LogP contribution in [0.1, 0.15) is 11.1 Å². The van der Waals surface area contributed by atoms with Crippen LogP contribution < -0.4 is 14.1 Å². The molecular formula is C27H24BN3O5. The summed E-state index contributed by atoms with van der Waals surface area (Å²) < 4.78 is 18.8. The van der Waals surface area contributed by atoms with Crippen LogP contribution >= 0.6 is 0 Å². The maximum absolute atomic E-state index is 9.14. The molecule has 0 aliphatic rings. The summed E-state index contributed by atoms with van der Waals surface area (Å²) >= 11 is 0. The highest BCUT2D eigenvalue weighted by molar-refractivity contribution is 6.33. The van der Waals surface area contributed by atoms with Crippen molar-refractivity contribution < 1.29 is 24.2 Å². The number of hydrogen-bond acceptors (Lipinski definition) is 7. The Balaban J connectivity index is 1.49. The van der Waals surface area contributed by atoms with Crippen molar-refractivity contribution in [2.24, 2.45) is 7.05 Å². The molecule has 5 aromatic rings. The van der Waals surface area contributed by atoms with Crippen LogP contribution in [-0.4, -0.2) is 32.1 Å². The molecule has 180 valence electrons. The van der Waals surface area contributed by atoms with Gasteiger partial charge in [-0.3, -0.25) is 4.68 Å². The van der Waals surface area contributed by atoms with E-state index < -0.39 is 7.32 Å². The first-order chi connectivity index (χ1) is 17.6. The second-order valence-corrected chi connectivity index (χ2v) is 8.15. The fourth-order valence-electron chi connectivity index (χ4n) is 3.88. The number of hydrogen-bond donors (Lipinski definition) is 2. The van der Waals surface area contributed by atoms with Crippen LogP contribution in [0.3, 0.4) is 0 Å². The standard InChI is InChI=1S/C27H24BN3O5/c1-31-24-16-21(36-28(32)33)12-13-22(24)26(30-31)23-14-15-25(34-17-19-8-4-2-5-9-19)29-27(23)35-18-20-10-6-3-7-11-20/h2-16,32-33H,17-18H2,1H3. The van der Waals surface area contributed by atoms with Gasteiger partial charge in [-0.05, 0) is 29.3 Å². The molecular weight excluding hydrogens is 457 g/mol. The third-order valence-electron chi connectivity index (χ3n) is 5.60. The molecule has 0 unspecified atom stereocenters. The van der Waals surface area contributed by atoms with Gasteiger partial charge in [-0.1, -0.05) is 60.7 Å². The summed E-state index contributed by atoms with van der Waals surface area (Å²) in [4.78, 5) is 4.67. The number of fused-ring (bicyclic) bond motifs is 1. The first-order valence-electron chi connectivity index (χ1n) is 11.4. The molecule has 0 bridgehead atoms. The predicted molar refractivity (Wildman–Crippen MR) is 136 cm³/mol. The monoisotopic (exact) mass is 481 g/mol. The van der Waals surface area contributed by atoms with E-state index in [1.165, 1.54) is 0 Å². The highest BCUT2D eigenvalue weighted by atomic mass is 16.6. The number of benzene rings is 3. The normalized spacial score (nSPS) is 10.9. The lowest BCUT2D eigenvalue weighted by atomic mass is 10.1. The maximum atomic E-state index is 9.14. The predicted octanol–water partition coefficient (Wildman–Crippen LogP) is 4.14. The van der Waals surface area contributed by atoms with Crippen molar-refractivity contribution in [2.45, 2.75) is 13.2 Å². The van der Waals surface area contributed by atoms with Crippen molar-refractivity contribution in [3.63, 3.8) is 0 Å². The van der Waals surface area contributed by atoms with Crippen LogP contribution in [0.5, 0.6) is 17.5 Å². The second kappa shape index (κ2) is 10.5. The molecule has 8 nitrogen and oxygen atoms in total. The van der Waals surface area contributed by atoms with E-state index in [0.29, 0.717) is 42.0 Å². The second-order valence-electron chi connectivity index (χ2n) is 8.15. The summed E-state index contributed by atoms with van der Waals surface area (Å²) in [6, 6.07) is 28.6. The Morgan fingerprint density at radius 3 is 2.14 bits per heavy atom. The third-order valence-corrected chi connectivity index (χ3v) is 5.60. The molecule has 0 saturated heterocycles. The van der Waals surface area contributed by atoms with Crippen LogP contribution in [-0.2, 0) is 20.3 Å². The lowest BCUT2D eigenvalue weighted by molar-refractivity contribution is 0.268. The molecule has 0 aliphatic heterocycles. The minimum atomic E-state index is -1.90. The van der Waals surface area contributed by atoms with Crippen molar-refractivity contribution in [3.8, 4) is 28.8 Å². The van der Waals surface area contributed by atoms with Gasteiger partial charge in [-0.15, -0.1) is 0 Å². The zero-order valence-electron chi connectivity index (χ0n) is 19.6. The molecule has 0 radical (unpaired) electrons. The molecule has 0 atom stereocenters. The summed E-state index contributed by atoms with van der Waals surface area (Å²) in [7, 11) is -0.0963. The Morgan fingerprint density at radius 1 is 0.806 bits per heavy atom. The number of aryl methyl sites for hydroxylation is 1. The van der Waals surface area contributed by atoms with Gasteiger partial charge < -0.3 is 24.2 Å². The third kappa shape index (κ3) is 5.32. The Morgan fingerprint density at radius 2 is 1.47 bits per heavy atom. The van der Waals surface area contributed by atoms with Crippen molar-refractivity contribution in [1.29, 1.82) is 0 Å². The fourth-order valence-corrected chi connectivity index (χ4v) is 3.88. The van der Waals surface area contributed by atoms with Crippen LogP contribution in [0.2, 0.25) is 0 Å². The molecule has 2 heterocycles. The quantitative estimate of drug-likeness (QED) is 0.306. The van der Waals surface area contributed by atoms with Gasteiger partial charge >= 0.3 is 7.32 Å². The van der Waals surface area contributed by atoms with E-state index in [4.69, 9.17) is 29.3 Å². The highest BCUT2D eigenvalue weighted by Crippen LogP contribution is 2.36. The summed E-state index contributed by atoms with van der Waals surface area (Å²) in [6.45, 7) is 0.720. The van der Waals surface area contributed by atoms with Gasteiger partial charge in [0, 0.05) is 24.6 Å². The number of aromatic nitrogens is 3. The van der Waals surface area contributed by atoms with Gasteiger partial charge in [-0.2, -0.15) is 10.1 Å². The van der Waals surface area contributed by atoms with Crippen LogP contribution in [0.4, 0.5) is 0 Å². The first-order valence-corrected chi connectivity index (χ1v) is 11.4. The van der Waals surface area contributed by atoms with Crippen LogP contribution in [0, 0.1) is 0 Å². The van der Waals surface area contributed by atoms with Crippen molar-refractivity contribution in [1.82, 2.24) is 14.8 Å². The molecule has 2 N–H and O–H groups in total. The first kappa shape index (κ1) is 23.4. The average molecular weight is 481 g/mol. The van der Waals surface area contributed by atoms with Crippen LogP contribution in [0.25, 0.3) is 22.2 Å². The Labute approximate surface area is 208 Å². The molecule has 36 heavy (non-hydrogen) atoms. The molecule has 3 aromatic carbocycles. The molecule has 2 aromatic heterocycles. The van der Waals surface area contributed by atoms with E-state index in [1.807, 2.05) is 72.8 Å². The van der Waals surface area contributed by atoms with E-state index in [2.05, 4.69) is 4.98 Å². The van der Waals surface area contributed by atoms with Gasteiger partial charge in [0.25, 0.3) is 0 Å².